The van der Waals surface area contributed by atoms with Gasteiger partial charge in [0.1, 0.15) is 16.7 Å². The van der Waals surface area contributed by atoms with Gasteiger partial charge in [-0.1, -0.05) is 67.9 Å². The van der Waals surface area contributed by atoms with E-state index >= 15 is 0 Å². The van der Waals surface area contributed by atoms with Crippen LogP contribution in [0.3, 0.4) is 0 Å². The number of amides is 3. The lowest BCUT2D eigenvalue weighted by molar-refractivity contribution is -0.384. The number of nitro groups is 1. The number of non-ortho nitro benzene ring substituents is 1. The number of rotatable bonds is 15. The number of nitro benzene ring substituents is 1. The molecule has 0 aliphatic carbocycles. The van der Waals surface area contributed by atoms with Crippen LogP contribution in [0, 0.1) is 10.1 Å². The molecule has 5 aromatic rings. The minimum absolute atomic E-state index is 0.0703. The molecule has 1 atom stereocenters. The van der Waals surface area contributed by atoms with Gasteiger partial charge in [0.2, 0.25) is 5.91 Å². The molecule has 3 amide bonds. The highest BCUT2D eigenvalue weighted by atomic mass is 32.2. The second kappa shape index (κ2) is 18.0. The Balaban J connectivity index is 1.34. The van der Waals surface area contributed by atoms with Crippen LogP contribution >= 0.6 is 11.8 Å². The molecule has 11 heteroatoms. The Morgan fingerprint density at radius 1 is 0.804 bits per heavy atom. The Labute approximate surface area is 300 Å². The molecule has 5 aromatic carbocycles. The Morgan fingerprint density at radius 3 is 2.16 bits per heavy atom. The van der Waals surface area contributed by atoms with Crippen molar-refractivity contribution in [1.29, 1.82) is 0 Å². The molecule has 10 nitrogen and oxygen atoms in total. The van der Waals surface area contributed by atoms with Crippen LogP contribution in [0.1, 0.15) is 46.5 Å². The second-order valence-corrected chi connectivity index (χ2v) is 12.5. The normalized spacial score (nSPS) is 11.6. The van der Waals surface area contributed by atoms with E-state index in [-0.39, 0.29) is 17.3 Å². The van der Waals surface area contributed by atoms with E-state index < -0.39 is 22.0 Å². The fourth-order valence-corrected chi connectivity index (χ4v) is 5.94. The number of hydrogen-bond acceptors (Lipinski definition) is 7. The average Bonchev–Trinajstić information content (AvgIpc) is 3.15. The van der Waals surface area contributed by atoms with Gasteiger partial charge >= 0.3 is 0 Å². The molecule has 0 saturated heterocycles. The van der Waals surface area contributed by atoms with E-state index in [1.165, 1.54) is 42.1 Å². The van der Waals surface area contributed by atoms with Crippen molar-refractivity contribution in [2.24, 2.45) is 0 Å². The Morgan fingerprint density at radius 2 is 1.49 bits per heavy atom. The lowest BCUT2D eigenvalue weighted by Crippen LogP contribution is -2.30. The van der Waals surface area contributed by atoms with E-state index in [4.69, 9.17) is 4.74 Å². The highest BCUT2D eigenvalue weighted by molar-refractivity contribution is 8.00. The topological polar surface area (TPSA) is 140 Å². The maximum atomic E-state index is 13.7. The van der Waals surface area contributed by atoms with E-state index in [0.717, 1.165) is 24.2 Å². The van der Waals surface area contributed by atoms with Crippen LogP contribution < -0.4 is 20.7 Å². The van der Waals surface area contributed by atoms with Crippen molar-refractivity contribution in [2.75, 3.05) is 17.2 Å². The zero-order chi connectivity index (χ0) is 36.0. The van der Waals surface area contributed by atoms with Gasteiger partial charge in [-0.15, -0.1) is 11.8 Å². The smallest absolute Gasteiger partial charge is 0.272 e. The third-order valence-corrected chi connectivity index (χ3v) is 8.77. The summed E-state index contributed by atoms with van der Waals surface area (Å²) in [7, 11) is 0. The minimum Gasteiger partial charge on any atom is -0.494 e. The molecule has 0 aliphatic rings. The number of nitrogens with zero attached hydrogens (tertiary/aromatic N) is 1. The minimum atomic E-state index is -0.625. The number of anilines is 2. The van der Waals surface area contributed by atoms with Crippen molar-refractivity contribution >= 4 is 52.6 Å². The number of benzene rings is 5. The summed E-state index contributed by atoms with van der Waals surface area (Å²) in [6, 6.07) is 37.8. The number of nitrogens with one attached hydrogen (secondary N) is 3. The molecule has 0 aliphatic heterocycles. The van der Waals surface area contributed by atoms with E-state index in [0.29, 0.717) is 34.0 Å². The Kier molecular flexibility index (Phi) is 12.7. The van der Waals surface area contributed by atoms with Crippen molar-refractivity contribution in [1.82, 2.24) is 5.32 Å². The van der Waals surface area contributed by atoms with Gasteiger partial charge in [-0.3, -0.25) is 24.5 Å². The van der Waals surface area contributed by atoms with E-state index in [1.54, 1.807) is 60.7 Å². The van der Waals surface area contributed by atoms with Crippen molar-refractivity contribution in [3.63, 3.8) is 0 Å². The molecule has 5 rings (SSSR count). The molecule has 0 spiro atoms. The number of hydrogen-bond donors (Lipinski definition) is 3. The monoisotopic (exact) mass is 700 g/mol. The summed E-state index contributed by atoms with van der Waals surface area (Å²) in [4.78, 5) is 51.7. The first kappa shape index (κ1) is 36.1. The largest absolute Gasteiger partial charge is 0.494 e. The molecular formula is C40H36N4O6S. The highest BCUT2D eigenvalue weighted by Gasteiger charge is 2.23. The molecular weight excluding hydrogens is 665 g/mol. The van der Waals surface area contributed by atoms with Gasteiger partial charge in [-0.05, 0) is 90.4 Å². The fraction of sp³-hybridized carbons (Fsp3) is 0.125. The van der Waals surface area contributed by atoms with Crippen LogP contribution in [0.15, 0.2) is 144 Å². The maximum absolute atomic E-state index is 13.7. The Bertz CT molecular complexity index is 1990. The number of unbranched alkanes of at least 4 members (excludes halogenated alkanes) is 1. The van der Waals surface area contributed by atoms with Crippen molar-refractivity contribution in [2.45, 2.75) is 29.9 Å². The van der Waals surface area contributed by atoms with Crippen molar-refractivity contribution in [3.05, 3.63) is 166 Å². The number of ether oxygens (including phenoxy) is 1. The summed E-state index contributed by atoms with van der Waals surface area (Å²) < 4.78 is 5.74. The van der Waals surface area contributed by atoms with Gasteiger partial charge in [-0.25, -0.2) is 0 Å². The zero-order valence-electron chi connectivity index (χ0n) is 27.8. The summed E-state index contributed by atoms with van der Waals surface area (Å²) in [5.74, 6) is -0.602. The van der Waals surface area contributed by atoms with Crippen molar-refractivity contribution in [3.8, 4) is 5.75 Å². The third-order valence-electron chi connectivity index (χ3n) is 7.52. The summed E-state index contributed by atoms with van der Waals surface area (Å²) in [6.07, 6.45) is 3.44. The SMILES string of the molecule is CCCCOc1ccc(NC(=O)C(Sc2cccc(NC(=O)/C(=C\c3ccc([N+](=O)[O-])cc3)NC(=O)c3ccccc3)c2)c2ccccc2)cc1. The summed E-state index contributed by atoms with van der Waals surface area (Å²) in [6.45, 7) is 2.73. The van der Waals surface area contributed by atoms with Gasteiger partial charge in [0.05, 0.1) is 11.5 Å². The second-order valence-electron chi connectivity index (χ2n) is 11.3. The van der Waals surface area contributed by atoms with Gasteiger partial charge in [-0.2, -0.15) is 0 Å². The van der Waals surface area contributed by atoms with E-state index in [9.17, 15) is 24.5 Å². The first-order chi connectivity index (χ1) is 24.8. The molecule has 0 heterocycles. The molecule has 0 saturated carbocycles. The lowest BCUT2D eigenvalue weighted by Gasteiger charge is -2.18. The predicted octanol–water partition coefficient (Wildman–Crippen LogP) is 8.66. The predicted molar refractivity (Wildman–Crippen MR) is 201 cm³/mol. The molecule has 0 fully saturated rings. The summed E-state index contributed by atoms with van der Waals surface area (Å²) in [5, 5.41) is 19.0. The summed E-state index contributed by atoms with van der Waals surface area (Å²) >= 11 is 1.32. The molecule has 0 aromatic heterocycles. The molecule has 0 radical (unpaired) electrons. The van der Waals surface area contributed by atoms with Crippen molar-refractivity contribution < 1.29 is 24.0 Å². The van der Waals surface area contributed by atoms with Gasteiger partial charge in [0, 0.05) is 34.0 Å². The van der Waals surface area contributed by atoms with E-state index in [2.05, 4.69) is 22.9 Å². The van der Waals surface area contributed by atoms with Gasteiger partial charge in [0.25, 0.3) is 17.5 Å². The van der Waals surface area contributed by atoms with Crippen LogP contribution in [0.5, 0.6) is 5.75 Å². The van der Waals surface area contributed by atoms with Crippen LogP contribution in [0.4, 0.5) is 17.1 Å². The van der Waals surface area contributed by atoms with Crippen LogP contribution in [-0.2, 0) is 9.59 Å². The lowest BCUT2D eigenvalue weighted by atomic mass is 10.1. The highest BCUT2D eigenvalue weighted by Crippen LogP contribution is 2.37. The molecule has 3 N–H and O–H groups in total. The average molecular weight is 701 g/mol. The van der Waals surface area contributed by atoms with Crippen LogP contribution in [0.2, 0.25) is 0 Å². The maximum Gasteiger partial charge on any atom is 0.272 e. The quantitative estimate of drug-likeness (QED) is 0.0327. The fourth-order valence-electron chi connectivity index (χ4n) is 4.86. The molecule has 0 bridgehead atoms. The Hall–Kier alpha value is -6.20. The first-order valence-electron chi connectivity index (χ1n) is 16.3. The summed E-state index contributed by atoms with van der Waals surface area (Å²) in [5.41, 5.74) is 2.51. The van der Waals surface area contributed by atoms with Gasteiger partial charge in [0.15, 0.2) is 0 Å². The molecule has 1 unspecified atom stereocenters. The van der Waals surface area contributed by atoms with Gasteiger partial charge < -0.3 is 20.7 Å². The number of thioether (sulfide) groups is 1. The zero-order valence-corrected chi connectivity index (χ0v) is 28.6. The third kappa shape index (κ3) is 10.6. The first-order valence-corrected chi connectivity index (χ1v) is 17.2. The molecule has 51 heavy (non-hydrogen) atoms. The van der Waals surface area contributed by atoms with Crippen LogP contribution in [-0.4, -0.2) is 29.3 Å². The van der Waals surface area contributed by atoms with Crippen LogP contribution in [0.25, 0.3) is 6.08 Å². The number of carbonyl (C=O) groups is 3. The standard InChI is InChI=1S/C40H36N4O6S/c1-2-3-25-50-34-23-19-31(20-24-34)41-40(47)37(29-11-6-4-7-12-29)51-35-16-10-15-32(27-35)42-39(46)36(43-38(45)30-13-8-5-9-14-30)26-28-17-21-33(22-18-28)44(48)49/h4-24,26-27,37H,2-3,25H2,1H3,(H,41,47)(H,42,46)(H,43,45)/b36-26+. The molecule has 258 valence electrons. The number of carbonyl (C=O) groups excluding carboxylic acids is 3. The van der Waals surface area contributed by atoms with E-state index in [1.807, 2.05) is 48.5 Å².